The molecule has 0 aromatic carbocycles. The lowest BCUT2D eigenvalue weighted by Crippen LogP contribution is -2.41. The van der Waals surface area contributed by atoms with Crippen LogP contribution >= 0.6 is 0 Å². The first-order chi connectivity index (χ1) is 8.76. The average molecular weight is 257 g/mol. The van der Waals surface area contributed by atoms with Gasteiger partial charge >= 0.3 is 0 Å². The van der Waals surface area contributed by atoms with E-state index in [0.717, 1.165) is 19.6 Å². The Morgan fingerprint density at radius 1 is 1.39 bits per heavy atom. The normalized spacial score (nSPS) is 17.9. The first-order valence-corrected chi connectivity index (χ1v) is 6.95. The Bertz CT molecular complexity index is 228. The molecule has 0 atom stereocenters. The van der Waals surface area contributed by atoms with Crippen molar-refractivity contribution in [2.24, 2.45) is 5.92 Å². The first kappa shape index (κ1) is 15.4. The Labute approximate surface area is 110 Å². The molecule has 0 aromatic heterocycles. The molecule has 1 amide bonds. The van der Waals surface area contributed by atoms with Crippen LogP contribution in [0.4, 0.5) is 0 Å². The van der Waals surface area contributed by atoms with E-state index in [0.29, 0.717) is 19.1 Å². The summed E-state index contributed by atoms with van der Waals surface area (Å²) in [6.45, 7) is 8.25. The summed E-state index contributed by atoms with van der Waals surface area (Å²) < 4.78 is 4.90. The molecule has 1 fully saturated rings. The molecule has 18 heavy (non-hydrogen) atoms. The predicted molar refractivity (Wildman–Crippen MR) is 72.6 cm³/mol. The molecule has 106 valence electrons. The van der Waals surface area contributed by atoms with Crippen molar-refractivity contribution >= 4 is 5.91 Å². The van der Waals surface area contributed by atoms with E-state index in [4.69, 9.17) is 4.74 Å². The van der Waals surface area contributed by atoms with Gasteiger partial charge in [-0.2, -0.15) is 0 Å². The van der Waals surface area contributed by atoms with Gasteiger partial charge in [-0.15, -0.1) is 0 Å². The molecule has 1 rings (SSSR count). The average Bonchev–Trinajstić information content (AvgIpc) is 2.42. The van der Waals surface area contributed by atoms with E-state index in [1.165, 1.54) is 25.9 Å². The summed E-state index contributed by atoms with van der Waals surface area (Å²) in [4.78, 5) is 14.0. The maximum atomic E-state index is 11.5. The highest BCUT2D eigenvalue weighted by Gasteiger charge is 2.18. The maximum absolute atomic E-state index is 11.5. The highest BCUT2D eigenvalue weighted by molar-refractivity contribution is 5.77. The minimum absolute atomic E-state index is 0.0871. The van der Waals surface area contributed by atoms with Crippen molar-refractivity contribution in [3.63, 3.8) is 0 Å². The minimum Gasteiger partial charge on any atom is -0.383 e. The zero-order valence-corrected chi connectivity index (χ0v) is 11.7. The number of methoxy groups -OCH3 is 1. The molecule has 2 N–H and O–H groups in total. The standard InChI is InChI=1S/C13H27N3O2/c1-3-16-7-4-12(5-8-16)10-15-13(17)11-14-6-9-18-2/h12,14H,3-11H2,1-2H3,(H,15,17). The fourth-order valence-electron chi connectivity index (χ4n) is 2.20. The Hall–Kier alpha value is -0.650. The number of carbonyl (C=O) groups is 1. The number of carbonyl (C=O) groups excluding carboxylic acids is 1. The van der Waals surface area contributed by atoms with Crippen LogP contribution in [0.2, 0.25) is 0 Å². The Kier molecular flexibility index (Phi) is 7.96. The molecule has 5 heteroatoms. The molecular weight excluding hydrogens is 230 g/mol. The highest BCUT2D eigenvalue weighted by Crippen LogP contribution is 2.15. The second kappa shape index (κ2) is 9.30. The number of hydrogen-bond acceptors (Lipinski definition) is 4. The second-order valence-electron chi connectivity index (χ2n) is 4.85. The Balaban J connectivity index is 2.01. The van der Waals surface area contributed by atoms with Gasteiger partial charge in [0, 0.05) is 20.2 Å². The van der Waals surface area contributed by atoms with Gasteiger partial charge in [-0.3, -0.25) is 4.79 Å². The van der Waals surface area contributed by atoms with Crippen LogP contribution in [0, 0.1) is 5.92 Å². The van der Waals surface area contributed by atoms with Crippen molar-refractivity contribution in [1.29, 1.82) is 0 Å². The Morgan fingerprint density at radius 3 is 2.72 bits per heavy atom. The van der Waals surface area contributed by atoms with Gasteiger partial charge < -0.3 is 20.3 Å². The number of hydrogen-bond donors (Lipinski definition) is 2. The first-order valence-electron chi connectivity index (χ1n) is 6.95. The zero-order chi connectivity index (χ0) is 13.2. The van der Waals surface area contributed by atoms with E-state index in [2.05, 4.69) is 22.5 Å². The number of nitrogens with one attached hydrogen (secondary N) is 2. The van der Waals surface area contributed by atoms with Crippen molar-refractivity contribution in [3.8, 4) is 0 Å². The van der Waals surface area contributed by atoms with E-state index in [9.17, 15) is 4.79 Å². The van der Waals surface area contributed by atoms with Crippen molar-refractivity contribution in [1.82, 2.24) is 15.5 Å². The van der Waals surface area contributed by atoms with E-state index >= 15 is 0 Å². The molecule has 1 heterocycles. The van der Waals surface area contributed by atoms with Crippen LogP contribution in [0.3, 0.4) is 0 Å². The van der Waals surface area contributed by atoms with Crippen molar-refractivity contribution in [3.05, 3.63) is 0 Å². The van der Waals surface area contributed by atoms with Crippen LogP contribution < -0.4 is 10.6 Å². The summed E-state index contributed by atoms with van der Waals surface area (Å²) in [5.74, 6) is 0.736. The fourth-order valence-corrected chi connectivity index (χ4v) is 2.20. The lowest BCUT2D eigenvalue weighted by Gasteiger charge is -2.31. The quantitative estimate of drug-likeness (QED) is 0.604. The molecule has 1 aliphatic rings. The van der Waals surface area contributed by atoms with Gasteiger partial charge in [-0.1, -0.05) is 6.92 Å². The molecule has 1 saturated heterocycles. The minimum atomic E-state index is 0.0871. The molecule has 5 nitrogen and oxygen atoms in total. The predicted octanol–water partition coefficient (Wildman–Crippen LogP) is 0.0705. The van der Waals surface area contributed by atoms with Gasteiger partial charge in [-0.05, 0) is 38.4 Å². The number of amides is 1. The van der Waals surface area contributed by atoms with Crippen LogP contribution in [-0.4, -0.2) is 63.8 Å². The van der Waals surface area contributed by atoms with Gasteiger partial charge in [0.25, 0.3) is 0 Å². The van der Waals surface area contributed by atoms with Crippen molar-refractivity contribution in [2.45, 2.75) is 19.8 Å². The molecule has 0 aliphatic carbocycles. The topological polar surface area (TPSA) is 53.6 Å². The Morgan fingerprint density at radius 2 is 2.11 bits per heavy atom. The van der Waals surface area contributed by atoms with E-state index in [1.807, 2.05) is 0 Å². The van der Waals surface area contributed by atoms with Crippen molar-refractivity contribution in [2.75, 3.05) is 53.0 Å². The number of likely N-dealkylation sites (tertiary alicyclic amines) is 1. The molecule has 1 aliphatic heterocycles. The van der Waals surface area contributed by atoms with Gasteiger partial charge in [0.1, 0.15) is 0 Å². The largest absolute Gasteiger partial charge is 0.383 e. The summed E-state index contributed by atoms with van der Waals surface area (Å²) >= 11 is 0. The molecule has 0 bridgehead atoms. The summed E-state index contributed by atoms with van der Waals surface area (Å²) in [6.07, 6.45) is 2.40. The third-order valence-electron chi connectivity index (χ3n) is 3.51. The summed E-state index contributed by atoms with van der Waals surface area (Å²) in [7, 11) is 1.66. The van der Waals surface area contributed by atoms with Gasteiger partial charge in [0.05, 0.1) is 13.2 Å². The summed E-state index contributed by atoms with van der Waals surface area (Å²) in [6, 6.07) is 0. The van der Waals surface area contributed by atoms with Crippen LogP contribution in [0.1, 0.15) is 19.8 Å². The second-order valence-corrected chi connectivity index (χ2v) is 4.85. The lowest BCUT2D eigenvalue weighted by atomic mass is 9.97. The van der Waals surface area contributed by atoms with Crippen LogP contribution in [0.25, 0.3) is 0 Å². The monoisotopic (exact) mass is 257 g/mol. The fraction of sp³-hybridized carbons (Fsp3) is 0.923. The van der Waals surface area contributed by atoms with Crippen LogP contribution in [-0.2, 0) is 9.53 Å². The van der Waals surface area contributed by atoms with Gasteiger partial charge in [0.15, 0.2) is 0 Å². The lowest BCUT2D eigenvalue weighted by molar-refractivity contribution is -0.120. The SMILES string of the molecule is CCN1CCC(CNC(=O)CNCCOC)CC1. The number of nitrogens with zero attached hydrogens (tertiary/aromatic N) is 1. The van der Waals surface area contributed by atoms with Crippen LogP contribution in [0.15, 0.2) is 0 Å². The molecule has 0 saturated carbocycles. The molecular formula is C13H27N3O2. The molecule has 0 unspecified atom stereocenters. The summed E-state index contributed by atoms with van der Waals surface area (Å²) in [5, 5.41) is 6.05. The smallest absolute Gasteiger partial charge is 0.233 e. The zero-order valence-electron chi connectivity index (χ0n) is 11.7. The van der Waals surface area contributed by atoms with Gasteiger partial charge in [-0.25, -0.2) is 0 Å². The molecule has 0 spiro atoms. The summed E-state index contributed by atoms with van der Waals surface area (Å²) in [5.41, 5.74) is 0. The van der Waals surface area contributed by atoms with E-state index in [1.54, 1.807) is 7.11 Å². The van der Waals surface area contributed by atoms with Crippen LogP contribution in [0.5, 0.6) is 0 Å². The third kappa shape index (κ3) is 6.33. The molecule has 0 radical (unpaired) electrons. The van der Waals surface area contributed by atoms with E-state index in [-0.39, 0.29) is 5.91 Å². The van der Waals surface area contributed by atoms with E-state index < -0.39 is 0 Å². The molecule has 0 aromatic rings. The van der Waals surface area contributed by atoms with Gasteiger partial charge in [0.2, 0.25) is 5.91 Å². The maximum Gasteiger partial charge on any atom is 0.233 e. The highest BCUT2D eigenvalue weighted by atomic mass is 16.5. The number of ether oxygens (including phenoxy) is 1. The third-order valence-corrected chi connectivity index (χ3v) is 3.51. The number of rotatable bonds is 8. The number of piperidine rings is 1. The van der Waals surface area contributed by atoms with Crippen molar-refractivity contribution < 1.29 is 9.53 Å².